The predicted molar refractivity (Wildman–Crippen MR) is 115 cm³/mol. The summed E-state index contributed by atoms with van der Waals surface area (Å²) < 4.78 is 27.1. The van der Waals surface area contributed by atoms with E-state index in [0.717, 1.165) is 12.2 Å². The molecule has 7 nitrogen and oxygen atoms in total. The summed E-state index contributed by atoms with van der Waals surface area (Å²) in [7, 11) is 0. The number of carbonyl (C=O) groups excluding carboxylic acids is 2. The summed E-state index contributed by atoms with van der Waals surface area (Å²) in [5.41, 5.74) is 0. The van der Waals surface area contributed by atoms with E-state index < -0.39 is 11.9 Å². The Morgan fingerprint density at radius 3 is 1.35 bits per heavy atom. The molecule has 0 bridgehead atoms. The van der Waals surface area contributed by atoms with Crippen molar-refractivity contribution in [2.75, 3.05) is 13.2 Å². The molecule has 0 radical (unpaired) electrons. The molecule has 0 aliphatic rings. The lowest BCUT2D eigenvalue weighted by molar-refractivity contribution is -0.144. The van der Waals surface area contributed by atoms with Crippen LogP contribution in [0.2, 0.25) is 0 Å². The second-order valence-electron chi connectivity index (χ2n) is 6.57. The van der Waals surface area contributed by atoms with E-state index in [1.165, 1.54) is 0 Å². The molecule has 2 atom stereocenters. The van der Waals surface area contributed by atoms with Gasteiger partial charge in [-0.2, -0.15) is 0 Å². The van der Waals surface area contributed by atoms with Crippen LogP contribution in [-0.4, -0.2) is 37.4 Å². The molecule has 0 saturated carbocycles. The number of hydrogen-bond donors (Lipinski definition) is 0. The monoisotopic (exact) mass is 426 g/mol. The van der Waals surface area contributed by atoms with Crippen LogP contribution in [0.25, 0.3) is 0 Å². The highest BCUT2D eigenvalue weighted by Crippen LogP contribution is 2.26. The van der Waals surface area contributed by atoms with Crippen LogP contribution in [0.3, 0.4) is 0 Å². The van der Waals surface area contributed by atoms with Crippen molar-refractivity contribution < 1.29 is 33.3 Å². The lowest BCUT2D eigenvalue weighted by Gasteiger charge is -2.14. The molecule has 31 heavy (non-hydrogen) atoms. The fourth-order valence-corrected chi connectivity index (χ4v) is 2.33. The minimum atomic E-state index is -0.484. The van der Waals surface area contributed by atoms with Gasteiger partial charge in [0.05, 0.1) is 0 Å². The maximum absolute atomic E-state index is 11.1. The Morgan fingerprint density at radius 1 is 0.710 bits per heavy atom. The SMILES string of the molecule is C=CC(=O)OC(C)COc1ccc(Oc2ccc(OCC(C)OC(=O)C=C)cc2)cc1. The first-order valence-corrected chi connectivity index (χ1v) is 9.69. The molecule has 0 spiro atoms. The molecule has 0 aliphatic heterocycles. The first-order valence-electron chi connectivity index (χ1n) is 9.69. The smallest absolute Gasteiger partial charge is 0.330 e. The zero-order valence-electron chi connectivity index (χ0n) is 17.6. The van der Waals surface area contributed by atoms with Crippen LogP contribution in [0.1, 0.15) is 13.8 Å². The quantitative estimate of drug-likeness (QED) is 0.366. The van der Waals surface area contributed by atoms with Gasteiger partial charge < -0.3 is 23.7 Å². The van der Waals surface area contributed by atoms with Gasteiger partial charge in [-0.15, -0.1) is 0 Å². The molecule has 0 heterocycles. The van der Waals surface area contributed by atoms with E-state index in [1.807, 2.05) is 0 Å². The molecule has 0 N–H and O–H groups in total. The molecule has 0 saturated heterocycles. The number of carbonyl (C=O) groups is 2. The highest BCUT2D eigenvalue weighted by atomic mass is 16.6. The molecule has 0 aliphatic carbocycles. The van der Waals surface area contributed by atoms with Crippen LogP contribution in [0.5, 0.6) is 23.0 Å². The van der Waals surface area contributed by atoms with E-state index in [1.54, 1.807) is 62.4 Å². The lowest BCUT2D eigenvalue weighted by Crippen LogP contribution is -2.20. The summed E-state index contributed by atoms with van der Waals surface area (Å²) in [6, 6.07) is 14.2. The van der Waals surface area contributed by atoms with Gasteiger partial charge in [0.25, 0.3) is 0 Å². The molecule has 2 unspecified atom stereocenters. The Hall–Kier alpha value is -3.74. The van der Waals surface area contributed by atoms with E-state index in [9.17, 15) is 9.59 Å². The molecule has 7 heteroatoms. The Morgan fingerprint density at radius 2 is 1.03 bits per heavy atom. The van der Waals surface area contributed by atoms with Gasteiger partial charge in [-0.05, 0) is 62.4 Å². The van der Waals surface area contributed by atoms with Crippen molar-refractivity contribution in [3.8, 4) is 23.0 Å². The summed E-state index contributed by atoms with van der Waals surface area (Å²) in [6.45, 7) is 10.6. The maximum Gasteiger partial charge on any atom is 0.330 e. The number of esters is 2. The molecule has 164 valence electrons. The van der Waals surface area contributed by atoms with Crippen molar-refractivity contribution in [3.05, 3.63) is 73.8 Å². The first-order chi connectivity index (χ1) is 14.9. The largest absolute Gasteiger partial charge is 0.490 e. The standard InChI is InChI=1S/C24H26O7/c1-5-23(25)29-17(3)15-27-19-7-11-21(12-8-19)31-22-13-9-20(10-14-22)28-16-18(4)30-24(26)6-2/h5-14,17-18H,1-2,15-16H2,3-4H3. The van der Waals surface area contributed by atoms with Gasteiger partial charge in [0.1, 0.15) is 48.4 Å². The Balaban J connectivity index is 1.79. The summed E-state index contributed by atoms with van der Waals surface area (Å²) >= 11 is 0. The van der Waals surface area contributed by atoms with Gasteiger partial charge in [0.2, 0.25) is 0 Å². The second-order valence-corrected chi connectivity index (χ2v) is 6.57. The maximum atomic E-state index is 11.1. The third kappa shape index (κ3) is 8.65. The summed E-state index contributed by atoms with van der Waals surface area (Å²) in [5.74, 6) is 1.56. The molecule has 2 rings (SSSR count). The lowest BCUT2D eigenvalue weighted by atomic mass is 10.3. The van der Waals surface area contributed by atoms with Gasteiger partial charge in [-0.25, -0.2) is 9.59 Å². The molecule has 2 aromatic rings. The molecule has 0 amide bonds. The fourth-order valence-electron chi connectivity index (χ4n) is 2.33. The average Bonchev–Trinajstić information content (AvgIpc) is 2.78. The fraction of sp³-hybridized carbons (Fsp3) is 0.250. The van der Waals surface area contributed by atoms with Gasteiger partial charge >= 0.3 is 11.9 Å². The van der Waals surface area contributed by atoms with E-state index >= 15 is 0 Å². The first kappa shape index (κ1) is 23.5. The topological polar surface area (TPSA) is 80.3 Å². The molecular formula is C24H26O7. The molecule has 0 aromatic heterocycles. The Labute approximate surface area is 181 Å². The van der Waals surface area contributed by atoms with Crippen LogP contribution >= 0.6 is 0 Å². The third-order valence-electron chi connectivity index (χ3n) is 3.82. The Kier molecular flexibility index (Phi) is 9.16. The third-order valence-corrected chi connectivity index (χ3v) is 3.82. The van der Waals surface area contributed by atoms with E-state index in [2.05, 4.69) is 13.2 Å². The second kappa shape index (κ2) is 12.1. The van der Waals surface area contributed by atoms with Gasteiger partial charge in [-0.3, -0.25) is 0 Å². The highest BCUT2D eigenvalue weighted by Gasteiger charge is 2.09. The average molecular weight is 426 g/mol. The van der Waals surface area contributed by atoms with Crippen LogP contribution in [0.4, 0.5) is 0 Å². The molecule has 2 aromatic carbocycles. The molecular weight excluding hydrogens is 400 g/mol. The van der Waals surface area contributed by atoms with Crippen LogP contribution in [-0.2, 0) is 19.1 Å². The van der Waals surface area contributed by atoms with Crippen molar-refractivity contribution in [2.45, 2.75) is 26.1 Å². The highest BCUT2D eigenvalue weighted by molar-refractivity contribution is 5.81. The van der Waals surface area contributed by atoms with Gasteiger partial charge in [-0.1, -0.05) is 13.2 Å². The van der Waals surface area contributed by atoms with Crippen LogP contribution < -0.4 is 14.2 Å². The number of benzene rings is 2. The van der Waals surface area contributed by atoms with Crippen molar-refractivity contribution in [1.29, 1.82) is 0 Å². The zero-order chi connectivity index (χ0) is 22.6. The van der Waals surface area contributed by atoms with Gasteiger partial charge in [0, 0.05) is 12.2 Å². The van der Waals surface area contributed by atoms with E-state index in [4.69, 9.17) is 23.7 Å². The zero-order valence-corrected chi connectivity index (χ0v) is 17.6. The summed E-state index contributed by atoms with van der Waals surface area (Å²) in [4.78, 5) is 22.3. The Bertz CT molecular complexity index is 798. The van der Waals surface area contributed by atoms with Crippen molar-refractivity contribution >= 4 is 11.9 Å². The van der Waals surface area contributed by atoms with E-state index in [0.29, 0.717) is 23.0 Å². The van der Waals surface area contributed by atoms with Gasteiger partial charge in [0.15, 0.2) is 0 Å². The predicted octanol–water partition coefficient (Wildman–Crippen LogP) is 4.47. The minimum Gasteiger partial charge on any atom is -0.490 e. The van der Waals surface area contributed by atoms with Crippen LogP contribution in [0, 0.1) is 0 Å². The number of rotatable bonds is 12. The summed E-state index contributed by atoms with van der Waals surface area (Å²) in [5, 5.41) is 0. The normalized spacial score (nSPS) is 12.1. The summed E-state index contributed by atoms with van der Waals surface area (Å²) in [6.07, 6.45) is 1.45. The minimum absolute atomic E-state index is 0.229. The van der Waals surface area contributed by atoms with Crippen LogP contribution in [0.15, 0.2) is 73.8 Å². The van der Waals surface area contributed by atoms with Crippen molar-refractivity contribution in [2.24, 2.45) is 0 Å². The van der Waals surface area contributed by atoms with Crippen molar-refractivity contribution in [3.63, 3.8) is 0 Å². The van der Waals surface area contributed by atoms with E-state index in [-0.39, 0.29) is 25.4 Å². The number of ether oxygens (including phenoxy) is 5. The van der Waals surface area contributed by atoms with Crippen molar-refractivity contribution in [1.82, 2.24) is 0 Å². The molecule has 0 fully saturated rings. The number of hydrogen-bond acceptors (Lipinski definition) is 7.